The SMILES string of the molecule is Cc1cccc(C(=O)NCCC(=O)Nc2ccccc2C(C)C)c1. The highest BCUT2D eigenvalue weighted by Gasteiger charge is 2.10. The van der Waals surface area contributed by atoms with Crippen molar-refractivity contribution in [2.75, 3.05) is 11.9 Å². The zero-order valence-corrected chi connectivity index (χ0v) is 14.4. The summed E-state index contributed by atoms with van der Waals surface area (Å²) in [4.78, 5) is 24.1. The normalized spacial score (nSPS) is 10.5. The Morgan fingerprint density at radius 3 is 2.50 bits per heavy atom. The molecular formula is C20H24N2O2. The topological polar surface area (TPSA) is 58.2 Å². The molecule has 0 fully saturated rings. The van der Waals surface area contributed by atoms with Crippen molar-refractivity contribution in [2.45, 2.75) is 33.1 Å². The van der Waals surface area contributed by atoms with Crippen LogP contribution in [0.4, 0.5) is 5.69 Å². The summed E-state index contributed by atoms with van der Waals surface area (Å²) in [5.41, 5.74) is 3.59. The maximum Gasteiger partial charge on any atom is 0.251 e. The van der Waals surface area contributed by atoms with E-state index in [1.165, 1.54) is 0 Å². The predicted molar refractivity (Wildman–Crippen MR) is 97.3 cm³/mol. The van der Waals surface area contributed by atoms with Gasteiger partial charge in [-0.3, -0.25) is 9.59 Å². The Labute approximate surface area is 143 Å². The van der Waals surface area contributed by atoms with Crippen LogP contribution in [0.5, 0.6) is 0 Å². The van der Waals surface area contributed by atoms with Crippen LogP contribution >= 0.6 is 0 Å². The lowest BCUT2D eigenvalue weighted by Gasteiger charge is -2.13. The van der Waals surface area contributed by atoms with Gasteiger partial charge in [0.05, 0.1) is 0 Å². The summed E-state index contributed by atoms with van der Waals surface area (Å²) in [6, 6.07) is 15.2. The number of aryl methyl sites for hydroxylation is 1. The highest BCUT2D eigenvalue weighted by atomic mass is 16.2. The average molecular weight is 324 g/mol. The third-order valence-electron chi connectivity index (χ3n) is 3.77. The third-order valence-corrected chi connectivity index (χ3v) is 3.77. The highest BCUT2D eigenvalue weighted by Crippen LogP contribution is 2.23. The Morgan fingerprint density at radius 2 is 1.79 bits per heavy atom. The molecule has 0 saturated carbocycles. The molecule has 4 heteroatoms. The molecule has 24 heavy (non-hydrogen) atoms. The van der Waals surface area contributed by atoms with Crippen LogP contribution < -0.4 is 10.6 Å². The third kappa shape index (κ3) is 4.95. The summed E-state index contributed by atoms with van der Waals surface area (Å²) in [6.45, 7) is 6.43. The average Bonchev–Trinajstić information content (AvgIpc) is 2.55. The molecular weight excluding hydrogens is 300 g/mol. The molecule has 0 radical (unpaired) electrons. The molecule has 2 N–H and O–H groups in total. The standard InChI is InChI=1S/C20H24N2O2/c1-14(2)17-9-4-5-10-18(17)22-19(23)11-12-21-20(24)16-8-6-7-15(3)13-16/h4-10,13-14H,11-12H2,1-3H3,(H,21,24)(H,22,23). The number of hydrogen-bond donors (Lipinski definition) is 2. The van der Waals surface area contributed by atoms with E-state index in [-0.39, 0.29) is 18.2 Å². The summed E-state index contributed by atoms with van der Waals surface area (Å²) < 4.78 is 0. The number of benzene rings is 2. The van der Waals surface area contributed by atoms with Crippen molar-refractivity contribution in [3.8, 4) is 0 Å². The fourth-order valence-corrected chi connectivity index (χ4v) is 2.50. The van der Waals surface area contributed by atoms with Crippen molar-refractivity contribution in [1.29, 1.82) is 0 Å². The predicted octanol–water partition coefficient (Wildman–Crippen LogP) is 3.88. The Kier molecular flexibility index (Phi) is 6.13. The van der Waals surface area contributed by atoms with E-state index in [9.17, 15) is 9.59 Å². The van der Waals surface area contributed by atoms with Crippen LogP contribution in [0.15, 0.2) is 48.5 Å². The van der Waals surface area contributed by atoms with Gasteiger partial charge in [0, 0.05) is 24.2 Å². The van der Waals surface area contributed by atoms with Crippen LogP contribution in [0.3, 0.4) is 0 Å². The number of nitrogens with one attached hydrogen (secondary N) is 2. The second kappa shape index (κ2) is 8.29. The monoisotopic (exact) mass is 324 g/mol. The van der Waals surface area contributed by atoms with E-state index in [0.29, 0.717) is 18.0 Å². The lowest BCUT2D eigenvalue weighted by Crippen LogP contribution is -2.27. The zero-order chi connectivity index (χ0) is 17.5. The van der Waals surface area contributed by atoms with Crippen molar-refractivity contribution in [1.82, 2.24) is 5.32 Å². The van der Waals surface area contributed by atoms with E-state index in [1.807, 2.05) is 49.4 Å². The second-order valence-corrected chi connectivity index (χ2v) is 6.17. The molecule has 0 aliphatic carbocycles. The fraction of sp³-hybridized carbons (Fsp3) is 0.300. The summed E-state index contributed by atoms with van der Waals surface area (Å²) in [6.07, 6.45) is 0.240. The van der Waals surface area contributed by atoms with E-state index in [0.717, 1.165) is 16.8 Å². The van der Waals surface area contributed by atoms with Crippen molar-refractivity contribution in [2.24, 2.45) is 0 Å². The minimum absolute atomic E-state index is 0.104. The van der Waals surface area contributed by atoms with Gasteiger partial charge in [0.2, 0.25) is 5.91 Å². The molecule has 0 atom stereocenters. The van der Waals surface area contributed by atoms with E-state index >= 15 is 0 Å². The van der Waals surface area contributed by atoms with Crippen LogP contribution in [0.25, 0.3) is 0 Å². The fourth-order valence-electron chi connectivity index (χ4n) is 2.50. The molecule has 2 amide bonds. The molecule has 0 aliphatic heterocycles. The number of amides is 2. The van der Waals surface area contributed by atoms with Crippen LogP contribution in [0.2, 0.25) is 0 Å². The quantitative estimate of drug-likeness (QED) is 0.847. The van der Waals surface area contributed by atoms with E-state index in [4.69, 9.17) is 0 Å². The largest absolute Gasteiger partial charge is 0.352 e. The van der Waals surface area contributed by atoms with Gasteiger partial charge in [-0.15, -0.1) is 0 Å². The van der Waals surface area contributed by atoms with Gasteiger partial charge in [-0.2, -0.15) is 0 Å². The summed E-state index contributed by atoms with van der Waals surface area (Å²) in [5, 5.41) is 5.70. The number of carbonyl (C=O) groups excluding carboxylic acids is 2. The smallest absolute Gasteiger partial charge is 0.251 e. The van der Waals surface area contributed by atoms with Crippen molar-refractivity contribution < 1.29 is 9.59 Å². The van der Waals surface area contributed by atoms with Crippen molar-refractivity contribution >= 4 is 17.5 Å². The van der Waals surface area contributed by atoms with E-state index in [2.05, 4.69) is 24.5 Å². The number of para-hydroxylation sites is 1. The maximum absolute atomic E-state index is 12.1. The van der Waals surface area contributed by atoms with Gasteiger partial charge in [0.25, 0.3) is 5.91 Å². The molecule has 2 aromatic carbocycles. The van der Waals surface area contributed by atoms with Crippen LogP contribution in [-0.4, -0.2) is 18.4 Å². The first-order chi connectivity index (χ1) is 11.5. The van der Waals surface area contributed by atoms with Gasteiger partial charge in [0.1, 0.15) is 0 Å². The molecule has 126 valence electrons. The molecule has 2 aromatic rings. The van der Waals surface area contributed by atoms with Gasteiger partial charge < -0.3 is 10.6 Å². The lowest BCUT2D eigenvalue weighted by molar-refractivity contribution is -0.116. The van der Waals surface area contributed by atoms with Gasteiger partial charge in [-0.1, -0.05) is 49.7 Å². The van der Waals surface area contributed by atoms with Gasteiger partial charge in [0.15, 0.2) is 0 Å². The Morgan fingerprint density at radius 1 is 1.04 bits per heavy atom. The first-order valence-electron chi connectivity index (χ1n) is 8.21. The number of anilines is 1. The molecule has 0 saturated heterocycles. The lowest BCUT2D eigenvalue weighted by atomic mass is 10.0. The van der Waals surface area contributed by atoms with E-state index < -0.39 is 0 Å². The van der Waals surface area contributed by atoms with Gasteiger partial charge in [-0.05, 0) is 36.6 Å². The first-order valence-corrected chi connectivity index (χ1v) is 8.21. The number of carbonyl (C=O) groups is 2. The second-order valence-electron chi connectivity index (χ2n) is 6.17. The zero-order valence-electron chi connectivity index (χ0n) is 14.4. The summed E-state index contributed by atoms with van der Waals surface area (Å²) in [7, 11) is 0. The molecule has 0 aromatic heterocycles. The Balaban J connectivity index is 1.85. The Hall–Kier alpha value is -2.62. The summed E-state index contributed by atoms with van der Waals surface area (Å²) >= 11 is 0. The molecule has 0 heterocycles. The molecule has 4 nitrogen and oxygen atoms in total. The molecule has 2 rings (SSSR count). The first kappa shape index (κ1) is 17.7. The molecule has 0 spiro atoms. The van der Waals surface area contributed by atoms with Crippen LogP contribution in [0.1, 0.15) is 47.7 Å². The molecule has 0 unspecified atom stereocenters. The van der Waals surface area contributed by atoms with Crippen molar-refractivity contribution in [3.63, 3.8) is 0 Å². The number of hydrogen-bond acceptors (Lipinski definition) is 2. The van der Waals surface area contributed by atoms with Crippen LogP contribution in [-0.2, 0) is 4.79 Å². The summed E-state index contributed by atoms with van der Waals surface area (Å²) in [5.74, 6) is 0.0734. The van der Waals surface area contributed by atoms with Gasteiger partial charge in [-0.25, -0.2) is 0 Å². The molecule has 0 bridgehead atoms. The van der Waals surface area contributed by atoms with Gasteiger partial charge >= 0.3 is 0 Å². The maximum atomic E-state index is 12.1. The van der Waals surface area contributed by atoms with E-state index in [1.54, 1.807) is 6.07 Å². The van der Waals surface area contributed by atoms with Crippen LogP contribution in [0, 0.1) is 6.92 Å². The highest BCUT2D eigenvalue weighted by molar-refractivity contribution is 5.95. The Bertz CT molecular complexity index is 723. The minimum Gasteiger partial charge on any atom is -0.352 e. The van der Waals surface area contributed by atoms with Crippen molar-refractivity contribution in [3.05, 3.63) is 65.2 Å². The molecule has 0 aliphatic rings. The minimum atomic E-state index is -0.158. The number of rotatable bonds is 6.